The topological polar surface area (TPSA) is 34.1 Å². The first-order chi connectivity index (χ1) is 10.8. The number of benzene rings is 2. The summed E-state index contributed by atoms with van der Waals surface area (Å²) < 4.78 is 101. The van der Waals surface area contributed by atoms with Crippen molar-refractivity contribution in [2.45, 2.75) is 17.2 Å². The minimum absolute atomic E-state index is 0.213. The molecule has 130 valence electrons. The quantitative estimate of drug-likeness (QED) is 0.515. The zero-order valence-corrected chi connectivity index (χ0v) is 13.0. The SMILES string of the molecule is O=S(=O)(Cl)c1cc(C(F)(F)F)ccc1-c1ccccc1C(F)(F)F. The molecule has 0 heterocycles. The highest BCUT2D eigenvalue weighted by atomic mass is 35.7. The molecule has 2 aromatic carbocycles. The molecule has 0 spiro atoms. The molecular formula is C14H7ClF6O2S. The molecular weight excluding hydrogens is 382 g/mol. The number of hydrogen-bond acceptors (Lipinski definition) is 2. The zero-order chi connectivity index (χ0) is 18.3. The van der Waals surface area contributed by atoms with Gasteiger partial charge in [-0.25, -0.2) is 8.42 Å². The van der Waals surface area contributed by atoms with Gasteiger partial charge in [0, 0.05) is 16.2 Å². The van der Waals surface area contributed by atoms with Crippen LogP contribution in [0.1, 0.15) is 11.1 Å². The second-order valence-corrected chi connectivity index (χ2v) is 7.22. The zero-order valence-electron chi connectivity index (χ0n) is 11.4. The van der Waals surface area contributed by atoms with Gasteiger partial charge in [0.05, 0.1) is 16.0 Å². The summed E-state index contributed by atoms with van der Waals surface area (Å²) in [7, 11) is 0.404. The van der Waals surface area contributed by atoms with Crippen molar-refractivity contribution in [1.29, 1.82) is 0 Å². The first-order valence-corrected chi connectivity index (χ1v) is 8.45. The normalized spacial score (nSPS) is 13.1. The van der Waals surface area contributed by atoms with Crippen LogP contribution in [0.25, 0.3) is 11.1 Å². The predicted molar refractivity (Wildman–Crippen MR) is 74.9 cm³/mol. The smallest absolute Gasteiger partial charge is 0.207 e. The van der Waals surface area contributed by atoms with Gasteiger partial charge in [-0.3, -0.25) is 0 Å². The lowest BCUT2D eigenvalue weighted by Crippen LogP contribution is -2.10. The van der Waals surface area contributed by atoms with E-state index in [2.05, 4.69) is 0 Å². The molecule has 0 aromatic heterocycles. The van der Waals surface area contributed by atoms with Crippen LogP contribution in [-0.2, 0) is 21.4 Å². The van der Waals surface area contributed by atoms with Gasteiger partial charge in [0.15, 0.2) is 0 Å². The standard InChI is InChI=1S/C14H7ClF6O2S/c15-24(22,23)12-7-8(13(16,17)18)5-6-10(12)9-3-1-2-4-11(9)14(19,20)21/h1-7H. The van der Waals surface area contributed by atoms with Gasteiger partial charge >= 0.3 is 12.4 Å². The third-order valence-corrected chi connectivity index (χ3v) is 4.46. The lowest BCUT2D eigenvalue weighted by Gasteiger charge is -2.16. The number of hydrogen-bond donors (Lipinski definition) is 0. The van der Waals surface area contributed by atoms with E-state index in [1.807, 2.05) is 0 Å². The molecule has 2 nitrogen and oxygen atoms in total. The first kappa shape index (κ1) is 18.6. The van der Waals surface area contributed by atoms with Crippen LogP contribution in [0.5, 0.6) is 0 Å². The Morgan fingerprint density at radius 2 is 1.38 bits per heavy atom. The largest absolute Gasteiger partial charge is 0.417 e. The Morgan fingerprint density at radius 1 is 0.792 bits per heavy atom. The molecule has 0 N–H and O–H groups in total. The van der Waals surface area contributed by atoms with Crippen LogP contribution in [0.4, 0.5) is 26.3 Å². The predicted octanol–water partition coefficient (Wildman–Crippen LogP) is 5.32. The van der Waals surface area contributed by atoms with Gasteiger partial charge in [0.2, 0.25) is 0 Å². The third kappa shape index (κ3) is 3.84. The second kappa shape index (κ2) is 5.96. The minimum Gasteiger partial charge on any atom is -0.207 e. The summed E-state index contributed by atoms with van der Waals surface area (Å²) in [5, 5.41) is 0. The first-order valence-electron chi connectivity index (χ1n) is 6.14. The van der Waals surface area contributed by atoms with Gasteiger partial charge < -0.3 is 0 Å². The Kier molecular flexibility index (Phi) is 4.62. The highest BCUT2D eigenvalue weighted by molar-refractivity contribution is 8.13. The molecule has 2 aromatic rings. The molecule has 0 aliphatic carbocycles. The maximum absolute atomic E-state index is 13.1. The van der Waals surface area contributed by atoms with E-state index in [0.29, 0.717) is 18.2 Å². The van der Waals surface area contributed by atoms with E-state index < -0.39 is 48.6 Å². The summed E-state index contributed by atoms with van der Waals surface area (Å²) in [6.07, 6.45) is -9.70. The van der Waals surface area contributed by atoms with Crippen molar-refractivity contribution in [2.24, 2.45) is 0 Å². The second-order valence-electron chi connectivity index (χ2n) is 4.69. The Morgan fingerprint density at radius 3 is 1.88 bits per heavy atom. The van der Waals surface area contributed by atoms with Crippen LogP contribution in [0.15, 0.2) is 47.4 Å². The molecule has 24 heavy (non-hydrogen) atoms. The van der Waals surface area contributed by atoms with Crippen molar-refractivity contribution in [1.82, 2.24) is 0 Å². The van der Waals surface area contributed by atoms with Crippen molar-refractivity contribution in [3.05, 3.63) is 53.6 Å². The van der Waals surface area contributed by atoms with Crippen LogP contribution >= 0.6 is 10.7 Å². The van der Waals surface area contributed by atoms with Gasteiger partial charge in [-0.05, 0) is 23.8 Å². The van der Waals surface area contributed by atoms with Crippen molar-refractivity contribution in [2.75, 3.05) is 0 Å². The Balaban J connectivity index is 2.82. The molecule has 0 saturated carbocycles. The van der Waals surface area contributed by atoms with E-state index in [-0.39, 0.29) is 6.07 Å². The maximum atomic E-state index is 13.1. The van der Waals surface area contributed by atoms with Crippen LogP contribution in [0.3, 0.4) is 0 Å². The molecule has 0 fully saturated rings. The molecule has 0 bridgehead atoms. The van der Waals surface area contributed by atoms with Gasteiger partial charge in [0.25, 0.3) is 9.05 Å². The molecule has 0 radical (unpaired) electrons. The summed E-state index contributed by atoms with van der Waals surface area (Å²) >= 11 is 0. The van der Waals surface area contributed by atoms with E-state index >= 15 is 0 Å². The maximum Gasteiger partial charge on any atom is 0.417 e. The number of alkyl halides is 6. The number of rotatable bonds is 2. The summed E-state index contributed by atoms with van der Waals surface area (Å²) in [6, 6.07) is 5.29. The molecule has 10 heteroatoms. The summed E-state index contributed by atoms with van der Waals surface area (Å²) in [6.45, 7) is 0. The van der Waals surface area contributed by atoms with Crippen LogP contribution in [-0.4, -0.2) is 8.42 Å². The van der Waals surface area contributed by atoms with Gasteiger partial charge in [-0.1, -0.05) is 24.3 Å². The van der Waals surface area contributed by atoms with Crippen molar-refractivity contribution >= 4 is 19.7 Å². The highest BCUT2D eigenvalue weighted by Crippen LogP contribution is 2.41. The fourth-order valence-corrected chi connectivity index (χ4v) is 3.18. The summed E-state index contributed by atoms with van der Waals surface area (Å²) in [5.74, 6) is 0. The molecule has 2 rings (SSSR count). The van der Waals surface area contributed by atoms with E-state index in [0.717, 1.165) is 12.1 Å². The monoisotopic (exact) mass is 388 g/mol. The fourth-order valence-electron chi connectivity index (χ4n) is 2.09. The van der Waals surface area contributed by atoms with Gasteiger partial charge in [-0.15, -0.1) is 0 Å². The van der Waals surface area contributed by atoms with E-state index in [1.165, 1.54) is 6.07 Å². The van der Waals surface area contributed by atoms with E-state index in [9.17, 15) is 34.8 Å². The van der Waals surface area contributed by atoms with E-state index in [1.54, 1.807) is 0 Å². The molecule has 0 aliphatic rings. The average Bonchev–Trinajstić information content (AvgIpc) is 2.44. The van der Waals surface area contributed by atoms with Crippen LogP contribution in [0, 0.1) is 0 Å². The molecule has 0 unspecified atom stereocenters. The molecule has 0 saturated heterocycles. The molecule has 0 aliphatic heterocycles. The minimum atomic E-state index is -4.88. The lowest BCUT2D eigenvalue weighted by molar-refractivity contribution is -0.138. The Labute approximate surface area is 137 Å². The van der Waals surface area contributed by atoms with E-state index in [4.69, 9.17) is 10.7 Å². The Bertz CT molecular complexity index is 872. The Hall–Kier alpha value is -1.74. The van der Waals surface area contributed by atoms with Crippen molar-refractivity contribution in [3.63, 3.8) is 0 Å². The summed E-state index contributed by atoms with van der Waals surface area (Å²) in [5.41, 5.74) is -3.68. The van der Waals surface area contributed by atoms with Crippen molar-refractivity contribution in [3.8, 4) is 11.1 Å². The highest BCUT2D eigenvalue weighted by Gasteiger charge is 2.36. The summed E-state index contributed by atoms with van der Waals surface area (Å²) in [4.78, 5) is -1.05. The van der Waals surface area contributed by atoms with Crippen LogP contribution < -0.4 is 0 Å². The molecule has 0 atom stereocenters. The van der Waals surface area contributed by atoms with Gasteiger partial charge in [-0.2, -0.15) is 26.3 Å². The fraction of sp³-hybridized carbons (Fsp3) is 0.143. The number of halogens is 7. The average molecular weight is 389 g/mol. The van der Waals surface area contributed by atoms with Crippen LogP contribution in [0.2, 0.25) is 0 Å². The molecule has 0 amide bonds. The van der Waals surface area contributed by atoms with Crippen molar-refractivity contribution < 1.29 is 34.8 Å². The third-order valence-electron chi connectivity index (χ3n) is 3.09. The van der Waals surface area contributed by atoms with Gasteiger partial charge in [0.1, 0.15) is 0 Å². The lowest BCUT2D eigenvalue weighted by atomic mass is 9.98.